The molecule has 3 aliphatic rings. The predicted octanol–water partition coefficient (Wildman–Crippen LogP) is 1.47. The summed E-state index contributed by atoms with van der Waals surface area (Å²) < 4.78 is 18.8. The number of rotatable bonds is 5. The summed E-state index contributed by atoms with van der Waals surface area (Å²) in [4.78, 5) is 12.4. The van der Waals surface area contributed by atoms with Gasteiger partial charge in [0.2, 0.25) is 5.91 Å². The summed E-state index contributed by atoms with van der Waals surface area (Å²) in [7, 11) is 0. The van der Waals surface area contributed by atoms with Crippen LogP contribution in [0.25, 0.3) is 0 Å². The Kier molecular flexibility index (Phi) is 5.87. The topological polar surface area (TPSA) is 74.6 Å². The standard InChI is InChI=1S/C19H29N3O4/c23-19(15-3-8-25-9-4-15)20-11-17-18-16(5-10-26-17)13-22(21-18)12-14-1-6-24-7-2-14/h13-15,17H,1-12H2,(H,20,23). The second kappa shape index (κ2) is 8.50. The molecule has 1 unspecified atom stereocenters. The van der Waals surface area contributed by atoms with E-state index < -0.39 is 0 Å². The second-order valence-corrected chi connectivity index (χ2v) is 7.56. The molecular weight excluding hydrogens is 334 g/mol. The fraction of sp³-hybridized carbons (Fsp3) is 0.789. The van der Waals surface area contributed by atoms with Crippen LogP contribution >= 0.6 is 0 Å². The van der Waals surface area contributed by atoms with Crippen molar-refractivity contribution in [3.05, 3.63) is 17.5 Å². The molecule has 0 aliphatic carbocycles. The largest absolute Gasteiger partial charge is 0.381 e. The van der Waals surface area contributed by atoms with E-state index in [9.17, 15) is 4.79 Å². The number of amides is 1. The maximum absolute atomic E-state index is 12.4. The van der Waals surface area contributed by atoms with Gasteiger partial charge < -0.3 is 19.5 Å². The van der Waals surface area contributed by atoms with Crippen molar-refractivity contribution in [1.82, 2.24) is 15.1 Å². The summed E-state index contributed by atoms with van der Waals surface area (Å²) in [6, 6.07) is 0. The van der Waals surface area contributed by atoms with Crippen LogP contribution in [0.4, 0.5) is 0 Å². The Morgan fingerprint density at radius 1 is 1.12 bits per heavy atom. The van der Waals surface area contributed by atoms with Crippen LogP contribution in [0.5, 0.6) is 0 Å². The molecule has 1 aromatic rings. The summed E-state index contributed by atoms with van der Waals surface area (Å²) in [6.07, 6.45) is 6.74. The van der Waals surface area contributed by atoms with Gasteiger partial charge in [-0.15, -0.1) is 0 Å². The Morgan fingerprint density at radius 2 is 1.85 bits per heavy atom. The summed E-state index contributed by atoms with van der Waals surface area (Å²) in [5.74, 6) is 0.821. The van der Waals surface area contributed by atoms with Crippen molar-refractivity contribution in [2.45, 2.75) is 44.8 Å². The Labute approximate surface area is 154 Å². The smallest absolute Gasteiger partial charge is 0.223 e. The Bertz CT molecular complexity index is 606. The van der Waals surface area contributed by atoms with E-state index in [0.29, 0.717) is 32.3 Å². The maximum atomic E-state index is 12.4. The highest BCUT2D eigenvalue weighted by Gasteiger charge is 2.28. The first-order valence-corrected chi connectivity index (χ1v) is 9.90. The molecule has 0 saturated carbocycles. The number of carbonyl (C=O) groups excluding carboxylic acids is 1. The quantitative estimate of drug-likeness (QED) is 0.857. The molecule has 3 aliphatic heterocycles. The summed E-state index contributed by atoms with van der Waals surface area (Å²) in [6.45, 7) is 5.20. The molecule has 0 radical (unpaired) electrons. The Morgan fingerprint density at radius 3 is 2.62 bits per heavy atom. The van der Waals surface area contributed by atoms with Crippen LogP contribution in [0.3, 0.4) is 0 Å². The highest BCUT2D eigenvalue weighted by molar-refractivity contribution is 5.78. The zero-order valence-corrected chi connectivity index (χ0v) is 15.3. The molecule has 4 rings (SSSR count). The van der Waals surface area contributed by atoms with Gasteiger partial charge in [-0.05, 0) is 43.6 Å². The lowest BCUT2D eigenvalue weighted by Crippen LogP contribution is -2.37. The van der Waals surface area contributed by atoms with Gasteiger partial charge in [0.25, 0.3) is 0 Å². The normalized spacial score (nSPS) is 25.0. The molecule has 144 valence electrons. The lowest BCUT2D eigenvalue weighted by atomic mass is 9.99. The number of fused-ring (bicyclic) bond motifs is 1. The average Bonchev–Trinajstić information content (AvgIpc) is 3.10. The monoisotopic (exact) mass is 363 g/mol. The van der Waals surface area contributed by atoms with E-state index in [1.165, 1.54) is 5.56 Å². The van der Waals surface area contributed by atoms with Crippen molar-refractivity contribution in [1.29, 1.82) is 0 Å². The zero-order chi connectivity index (χ0) is 17.8. The summed E-state index contributed by atoms with van der Waals surface area (Å²) in [5, 5.41) is 7.86. The number of nitrogens with zero attached hydrogens (tertiary/aromatic N) is 2. The lowest BCUT2D eigenvalue weighted by Gasteiger charge is -2.25. The third-order valence-corrected chi connectivity index (χ3v) is 5.71. The zero-order valence-electron chi connectivity index (χ0n) is 15.3. The number of carbonyl (C=O) groups is 1. The van der Waals surface area contributed by atoms with E-state index in [2.05, 4.69) is 16.2 Å². The molecule has 0 aromatic carbocycles. The second-order valence-electron chi connectivity index (χ2n) is 7.56. The number of aromatic nitrogens is 2. The van der Waals surface area contributed by atoms with Gasteiger partial charge >= 0.3 is 0 Å². The minimum Gasteiger partial charge on any atom is -0.381 e. The molecule has 1 atom stereocenters. The number of nitrogens with one attached hydrogen (secondary N) is 1. The fourth-order valence-electron chi connectivity index (χ4n) is 4.07. The van der Waals surface area contributed by atoms with Crippen LogP contribution in [0.15, 0.2) is 6.20 Å². The third kappa shape index (κ3) is 4.27. The lowest BCUT2D eigenvalue weighted by molar-refractivity contribution is -0.128. The van der Waals surface area contributed by atoms with E-state index in [-0.39, 0.29) is 17.9 Å². The van der Waals surface area contributed by atoms with Gasteiger partial charge in [0, 0.05) is 51.6 Å². The molecule has 2 saturated heterocycles. The highest BCUT2D eigenvalue weighted by atomic mass is 16.5. The van der Waals surface area contributed by atoms with Crippen LogP contribution in [-0.4, -0.2) is 55.3 Å². The van der Waals surface area contributed by atoms with Gasteiger partial charge in [-0.1, -0.05) is 0 Å². The first-order valence-electron chi connectivity index (χ1n) is 9.90. The third-order valence-electron chi connectivity index (χ3n) is 5.71. The average molecular weight is 363 g/mol. The van der Waals surface area contributed by atoms with Gasteiger partial charge in [-0.2, -0.15) is 5.10 Å². The van der Waals surface area contributed by atoms with Crippen molar-refractivity contribution in [3.8, 4) is 0 Å². The highest BCUT2D eigenvalue weighted by Crippen LogP contribution is 2.27. The van der Waals surface area contributed by atoms with Gasteiger partial charge in [0.1, 0.15) is 6.10 Å². The molecule has 1 aromatic heterocycles. The fourth-order valence-corrected chi connectivity index (χ4v) is 4.07. The van der Waals surface area contributed by atoms with Crippen molar-refractivity contribution < 1.29 is 19.0 Å². The van der Waals surface area contributed by atoms with Crippen LogP contribution in [0.2, 0.25) is 0 Å². The SMILES string of the molecule is O=C(NCC1OCCc2cn(CC3CCOCC3)nc21)C1CCOCC1. The van der Waals surface area contributed by atoms with E-state index in [0.717, 1.165) is 57.6 Å². The van der Waals surface area contributed by atoms with Crippen LogP contribution in [-0.2, 0) is 32.0 Å². The minimum absolute atomic E-state index is 0.0675. The van der Waals surface area contributed by atoms with Crippen LogP contribution in [0, 0.1) is 11.8 Å². The van der Waals surface area contributed by atoms with Crippen LogP contribution < -0.4 is 5.32 Å². The molecule has 7 nitrogen and oxygen atoms in total. The maximum Gasteiger partial charge on any atom is 0.223 e. The molecule has 0 bridgehead atoms. The van der Waals surface area contributed by atoms with Crippen LogP contribution in [0.1, 0.15) is 43.0 Å². The number of hydrogen-bond donors (Lipinski definition) is 1. The first-order chi connectivity index (χ1) is 12.8. The molecule has 7 heteroatoms. The number of hydrogen-bond acceptors (Lipinski definition) is 5. The molecule has 26 heavy (non-hydrogen) atoms. The minimum atomic E-state index is -0.140. The molecule has 4 heterocycles. The summed E-state index contributed by atoms with van der Waals surface area (Å²) >= 11 is 0. The Balaban J connectivity index is 1.34. The molecular formula is C19H29N3O4. The Hall–Kier alpha value is -1.44. The molecule has 0 spiro atoms. The van der Waals surface area contributed by atoms with E-state index >= 15 is 0 Å². The van der Waals surface area contributed by atoms with E-state index in [1.54, 1.807) is 0 Å². The van der Waals surface area contributed by atoms with Gasteiger partial charge in [-0.3, -0.25) is 9.48 Å². The van der Waals surface area contributed by atoms with E-state index in [4.69, 9.17) is 19.3 Å². The van der Waals surface area contributed by atoms with Gasteiger partial charge in [-0.25, -0.2) is 0 Å². The summed E-state index contributed by atoms with van der Waals surface area (Å²) in [5.41, 5.74) is 2.25. The van der Waals surface area contributed by atoms with Gasteiger partial charge in [0.05, 0.1) is 12.3 Å². The van der Waals surface area contributed by atoms with Crippen molar-refractivity contribution in [2.24, 2.45) is 11.8 Å². The van der Waals surface area contributed by atoms with Gasteiger partial charge in [0.15, 0.2) is 0 Å². The van der Waals surface area contributed by atoms with Crippen molar-refractivity contribution in [3.63, 3.8) is 0 Å². The van der Waals surface area contributed by atoms with Crippen molar-refractivity contribution >= 4 is 5.91 Å². The molecule has 2 fully saturated rings. The number of ether oxygens (including phenoxy) is 3. The molecule has 1 N–H and O–H groups in total. The van der Waals surface area contributed by atoms with Crippen molar-refractivity contribution in [2.75, 3.05) is 39.6 Å². The van der Waals surface area contributed by atoms with E-state index in [1.807, 2.05) is 0 Å². The molecule has 1 amide bonds. The predicted molar refractivity (Wildman–Crippen MR) is 94.7 cm³/mol. The first kappa shape index (κ1) is 17.9.